The number of likely N-dealkylation sites (tertiary alicyclic amines) is 1. The first-order valence-corrected chi connectivity index (χ1v) is 10.7. The van der Waals surface area contributed by atoms with Crippen molar-refractivity contribution < 1.29 is 4.79 Å². The van der Waals surface area contributed by atoms with Crippen molar-refractivity contribution in [1.82, 2.24) is 10.2 Å². The first-order valence-electron chi connectivity index (χ1n) is 10.3. The third kappa shape index (κ3) is 3.52. The molecule has 29 heavy (non-hydrogen) atoms. The van der Waals surface area contributed by atoms with Gasteiger partial charge in [0, 0.05) is 29.8 Å². The predicted molar refractivity (Wildman–Crippen MR) is 120 cm³/mol. The number of aryl methyl sites for hydroxylation is 1. The van der Waals surface area contributed by atoms with Gasteiger partial charge in [-0.05, 0) is 61.4 Å². The minimum atomic E-state index is -0.401. The number of benzene rings is 2. The highest BCUT2D eigenvalue weighted by Gasteiger charge is 2.50. The number of piperidine rings is 1. The number of nitrogens with zero attached hydrogens (tertiary/aromatic N) is 2. The minimum absolute atomic E-state index is 0. The lowest BCUT2D eigenvalue weighted by atomic mass is 9.82. The zero-order valence-corrected chi connectivity index (χ0v) is 18.0. The molecule has 154 valence electrons. The van der Waals surface area contributed by atoms with Gasteiger partial charge in [-0.2, -0.15) is 0 Å². The quantitative estimate of drug-likeness (QED) is 0.778. The highest BCUT2D eigenvalue weighted by molar-refractivity contribution is 6.31. The molecule has 0 radical (unpaired) electrons. The maximum Gasteiger partial charge on any atom is 0.247 e. The predicted octanol–water partition coefficient (Wildman–Crippen LogP) is 4.05. The molecule has 1 unspecified atom stereocenters. The van der Waals surface area contributed by atoms with Crippen LogP contribution < -0.4 is 10.2 Å². The van der Waals surface area contributed by atoms with Crippen LogP contribution in [0.2, 0.25) is 5.02 Å². The number of hydrogen-bond donors (Lipinski definition) is 1. The van der Waals surface area contributed by atoms with Crippen molar-refractivity contribution in [3.05, 3.63) is 64.7 Å². The van der Waals surface area contributed by atoms with Crippen molar-refractivity contribution >= 4 is 35.6 Å². The number of carbonyl (C=O) groups is 1. The Morgan fingerprint density at radius 2 is 1.79 bits per heavy atom. The number of amides is 1. The average molecular weight is 432 g/mol. The topological polar surface area (TPSA) is 35.6 Å². The Kier molecular flexibility index (Phi) is 5.78. The van der Waals surface area contributed by atoms with Crippen LogP contribution in [0.1, 0.15) is 30.4 Å². The summed E-state index contributed by atoms with van der Waals surface area (Å²) >= 11 is 6.47. The van der Waals surface area contributed by atoms with Crippen LogP contribution in [0.5, 0.6) is 0 Å². The average Bonchev–Trinajstić information content (AvgIpc) is 3.05. The molecule has 2 aromatic carbocycles. The van der Waals surface area contributed by atoms with Crippen molar-refractivity contribution in [3.63, 3.8) is 0 Å². The molecule has 1 atom stereocenters. The molecule has 5 rings (SSSR count). The van der Waals surface area contributed by atoms with Gasteiger partial charge in [0.2, 0.25) is 5.91 Å². The molecule has 0 saturated carbocycles. The Hall–Kier alpha value is -1.75. The fourth-order valence-electron chi connectivity index (χ4n) is 5.33. The number of para-hydroxylation sites is 1. The van der Waals surface area contributed by atoms with Gasteiger partial charge in [-0.3, -0.25) is 9.69 Å². The van der Waals surface area contributed by atoms with Gasteiger partial charge in [-0.25, -0.2) is 0 Å². The molecule has 2 heterocycles. The molecule has 6 heteroatoms. The molecule has 2 fully saturated rings. The van der Waals surface area contributed by atoms with E-state index in [0.717, 1.165) is 49.5 Å². The highest BCUT2D eigenvalue weighted by atomic mass is 35.5. The minimum Gasteiger partial charge on any atom is -0.339 e. The molecule has 2 saturated heterocycles. The van der Waals surface area contributed by atoms with Crippen molar-refractivity contribution in [3.8, 4) is 0 Å². The first-order chi connectivity index (χ1) is 13.7. The van der Waals surface area contributed by atoms with E-state index in [1.54, 1.807) is 0 Å². The monoisotopic (exact) mass is 431 g/mol. The normalized spacial score (nSPS) is 23.4. The number of hydrogen-bond acceptors (Lipinski definition) is 3. The Morgan fingerprint density at radius 1 is 1.03 bits per heavy atom. The van der Waals surface area contributed by atoms with Crippen molar-refractivity contribution in [1.29, 1.82) is 0 Å². The van der Waals surface area contributed by atoms with Crippen LogP contribution in [0.3, 0.4) is 0 Å². The third-order valence-corrected chi connectivity index (χ3v) is 7.30. The summed E-state index contributed by atoms with van der Waals surface area (Å²) < 4.78 is 0. The maximum absolute atomic E-state index is 12.8. The smallest absolute Gasteiger partial charge is 0.247 e. The molecular weight excluding hydrogens is 405 g/mol. The molecule has 2 aromatic rings. The summed E-state index contributed by atoms with van der Waals surface area (Å²) in [7, 11) is 0. The number of anilines is 1. The molecule has 1 amide bonds. The van der Waals surface area contributed by atoms with E-state index in [1.807, 2.05) is 24.3 Å². The zero-order chi connectivity index (χ0) is 19.1. The van der Waals surface area contributed by atoms with Gasteiger partial charge in [-0.15, -0.1) is 12.4 Å². The molecule has 1 aliphatic carbocycles. The van der Waals surface area contributed by atoms with Gasteiger partial charge in [0.05, 0.1) is 6.67 Å². The Bertz CT molecular complexity index is 881. The molecule has 4 nitrogen and oxygen atoms in total. The summed E-state index contributed by atoms with van der Waals surface area (Å²) in [5, 5.41) is 4.00. The molecular formula is C23H27Cl2N3O. The first kappa shape index (κ1) is 20.5. The summed E-state index contributed by atoms with van der Waals surface area (Å²) in [5.41, 5.74) is 3.46. The van der Waals surface area contributed by atoms with E-state index in [0.29, 0.717) is 12.7 Å². The molecule has 1 spiro atoms. The van der Waals surface area contributed by atoms with Crippen LogP contribution >= 0.6 is 24.0 Å². The van der Waals surface area contributed by atoms with E-state index < -0.39 is 5.54 Å². The lowest BCUT2D eigenvalue weighted by Gasteiger charge is -2.46. The van der Waals surface area contributed by atoms with Gasteiger partial charge >= 0.3 is 0 Å². The standard InChI is InChI=1S/C23H26ClN3O.ClH/c24-21-8-4-5-17-9-10-19(15-20(17)21)26-13-11-23(12-14-26)22(28)25-16-27(23)18-6-2-1-3-7-18;/h1-8,19H,9-16H2,(H,25,28);1H. The second-order valence-corrected chi connectivity index (χ2v) is 8.68. The van der Waals surface area contributed by atoms with Gasteiger partial charge in [0.15, 0.2) is 0 Å². The van der Waals surface area contributed by atoms with Gasteiger partial charge in [0.25, 0.3) is 0 Å². The summed E-state index contributed by atoms with van der Waals surface area (Å²) in [4.78, 5) is 17.7. The Labute approximate surface area is 183 Å². The van der Waals surface area contributed by atoms with Gasteiger partial charge < -0.3 is 10.2 Å². The number of halogens is 2. The van der Waals surface area contributed by atoms with Crippen LogP contribution in [0.15, 0.2) is 48.5 Å². The van der Waals surface area contributed by atoms with Crippen LogP contribution in [-0.4, -0.2) is 42.1 Å². The number of fused-ring (bicyclic) bond motifs is 1. The van der Waals surface area contributed by atoms with E-state index in [4.69, 9.17) is 11.6 Å². The van der Waals surface area contributed by atoms with E-state index in [-0.39, 0.29) is 18.3 Å². The van der Waals surface area contributed by atoms with Crippen LogP contribution in [0.25, 0.3) is 0 Å². The largest absolute Gasteiger partial charge is 0.339 e. The number of rotatable bonds is 2. The van der Waals surface area contributed by atoms with Gasteiger partial charge in [0.1, 0.15) is 5.54 Å². The maximum atomic E-state index is 12.8. The second-order valence-electron chi connectivity index (χ2n) is 8.27. The Morgan fingerprint density at radius 3 is 2.55 bits per heavy atom. The molecule has 0 bridgehead atoms. The summed E-state index contributed by atoms with van der Waals surface area (Å²) in [6.07, 6.45) is 5.05. The Balaban J connectivity index is 0.00000205. The van der Waals surface area contributed by atoms with Crippen molar-refractivity contribution in [2.24, 2.45) is 0 Å². The van der Waals surface area contributed by atoms with Crippen molar-refractivity contribution in [2.75, 3.05) is 24.7 Å². The third-order valence-electron chi connectivity index (χ3n) is 6.95. The van der Waals surface area contributed by atoms with E-state index in [2.05, 4.69) is 39.4 Å². The zero-order valence-electron chi connectivity index (χ0n) is 16.4. The molecule has 0 aromatic heterocycles. The summed E-state index contributed by atoms with van der Waals surface area (Å²) in [6, 6.07) is 17.1. The van der Waals surface area contributed by atoms with E-state index in [1.165, 1.54) is 17.5 Å². The lowest BCUT2D eigenvalue weighted by molar-refractivity contribution is -0.125. The fourth-order valence-corrected chi connectivity index (χ4v) is 5.60. The van der Waals surface area contributed by atoms with Gasteiger partial charge in [-0.1, -0.05) is 41.9 Å². The van der Waals surface area contributed by atoms with Crippen LogP contribution in [0.4, 0.5) is 5.69 Å². The summed E-state index contributed by atoms with van der Waals surface area (Å²) in [5.74, 6) is 0.188. The van der Waals surface area contributed by atoms with E-state index >= 15 is 0 Å². The molecule has 3 aliphatic rings. The van der Waals surface area contributed by atoms with Crippen LogP contribution in [0, 0.1) is 0 Å². The SMILES string of the molecule is Cl.O=C1NCN(c2ccccc2)C12CCN(C1CCc3cccc(Cl)c3C1)CC2. The molecule has 1 N–H and O–H groups in total. The lowest BCUT2D eigenvalue weighted by Crippen LogP contribution is -2.58. The van der Waals surface area contributed by atoms with Crippen LogP contribution in [-0.2, 0) is 17.6 Å². The number of carbonyl (C=O) groups excluding carboxylic acids is 1. The second kappa shape index (κ2) is 8.17. The summed E-state index contributed by atoms with van der Waals surface area (Å²) in [6.45, 7) is 2.53. The van der Waals surface area contributed by atoms with E-state index in [9.17, 15) is 4.79 Å². The highest BCUT2D eigenvalue weighted by Crippen LogP contribution is 2.38. The van der Waals surface area contributed by atoms with Crippen molar-refractivity contribution in [2.45, 2.75) is 43.7 Å². The fraction of sp³-hybridized carbons (Fsp3) is 0.435. The molecule has 2 aliphatic heterocycles. The number of nitrogens with one attached hydrogen (secondary N) is 1.